The topological polar surface area (TPSA) is 135 Å². The van der Waals surface area contributed by atoms with Crippen molar-refractivity contribution in [2.45, 2.75) is 18.7 Å². The van der Waals surface area contributed by atoms with E-state index in [2.05, 4.69) is 20.9 Å². The number of carbonyl (C=O) groups excluding carboxylic acids is 2. The molecule has 2 amide bonds. The van der Waals surface area contributed by atoms with Crippen molar-refractivity contribution >= 4 is 23.2 Å². The first-order valence-corrected chi connectivity index (χ1v) is 11.7. The van der Waals surface area contributed by atoms with Gasteiger partial charge in [-0.2, -0.15) is 5.10 Å². The molecule has 190 valence electrons. The Morgan fingerprint density at radius 3 is 2.76 bits per heavy atom. The van der Waals surface area contributed by atoms with Crippen LogP contribution in [0.2, 0.25) is 0 Å². The fraction of sp³-hybridized carbons (Fsp3) is 0.231. The van der Waals surface area contributed by atoms with Crippen LogP contribution in [0.5, 0.6) is 5.75 Å². The molecule has 0 aliphatic carbocycles. The minimum absolute atomic E-state index is 0.0106. The van der Waals surface area contributed by atoms with Crippen molar-refractivity contribution in [3.8, 4) is 5.75 Å². The van der Waals surface area contributed by atoms with Crippen LogP contribution in [0.25, 0.3) is 0 Å². The molecule has 0 bridgehead atoms. The maximum atomic E-state index is 13.2. The zero-order chi connectivity index (χ0) is 25.9. The first-order chi connectivity index (χ1) is 17.9. The van der Waals surface area contributed by atoms with E-state index in [1.54, 1.807) is 44.6 Å². The van der Waals surface area contributed by atoms with Gasteiger partial charge in [-0.05, 0) is 23.8 Å². The number of ether oxygens (including phenoxy) is 1. The lowest BCUT2D eigenvalue weighted by Crippen LogP contribution is -2.48. The monoisotopic (exact) mass is 502 g/mol. The van der Waals surface area contributed by atoms with Gasteiger partial charge in [0.15, 0.2) is 6.23 Å². The van der Waals surface area contributed by atoms with Crippen LogP contribution in [-0.4, -0.2) is 51.6 Å². The average Bonchev–Trinajstić information content (AvgIpc) is 3.53. The number of hydrogen-bond acceptors (Lipinski definition) is 8. The highest BCUT2D eigenvalue weighted by atomic mass is 16.5. The molecule has 2 aromatic carbocycles. The molecule has 37 heavy (non-hydrogen) atoms. The number of rotatable bonds is 7. The lowest BCUT2D eigenvalue weighted by molar-refractivity contribution is -0.121. The molecule has 3 heterocycles. The van der Waals surface area contributed by atoms with Gasteiger partial charge in [-0.3, -0.25) is 19.6 Å². The van der Waals surface area contributed by atoms with Crippen LogP contribution >= 0.6 is 0 Å². The predicted molar refractivity (Wildman–Crippen MR) is 134 cm³/mol. The van der Waals surface area contributed by atoms with Gasteiger partial charge in [0.2, 0.25) is 5.91 Å². The van der Waals surface area contributed by atoms with E-state index in [0.717, 1.165) is 5.56 Å². The molecule has 0 fully saturated rings. The van der Waals surface area contributed by atoms with Gasteiger partial charge in [0.25, 0.3) is 5.91 Å². The van der Waals surface area contributed by atoms with E-state index in [0.29, 0.717) is 34.9 Å². The van der Waals surface area contributed by atoms with Crippen molar-refractivity contribution in [2.75, 3.05) is 23.9 Å². The summed E-state index contributed by atoms with van der Waals surface area (Å²) in [6.07, 6.45) is 2.37. The second-order valence-corrected chi connectivity index (χ2v) is 8.75. The number of amides is 2. The molecule has 1 aliphatic heterocycles. The first-order valence-electron chi connectivity index (χ1n) is 11.7. The largest absolute Gasteiger partial charge is 0.489 e. The van der Waals surface area contributed by atoms with Crippen molar-refractivity contribution in [3.63, 3.8) is 0 Å². The molecule has 2 aromatic heterocycles. The van der Waals surface area contributed by atoms with Gasteiger partial charge in [0, 0.05) is 38.5 Å². The van der Waals surface area contributed by atoms with Gasteiger partial charge in [-0.25, -0.2) is 0 Å². The van der Waals surface area contributed by atoms with E-state index < -0.39 is 12.3 Å². The van der Waals surface area contributed by atoms with Crippen molar-refractivity contribution in [1.82, 2.24) is 20.3 Å². The van der Waals surface area contributed by atoms with Gasteiger partial charge < -0.3 is 24.6 Å². The van der Waals surface area contributed by atoms with Crippen LogP contribution in [0.4, 0.5) is 11.4 Å². The lowest BCUT2D eigenvalue weighted by Gasteiger charge is -2.22. The van der Waals surface area contributed by atoms with E-state index in [9.17, 15) is 14.7 Å². The number of aryl methyl sites for hydroxylation is 1. The Hall–Kier alpha value is -4.48. The molecule has 0 spiro atoms. The third-order valence-corrected chi connectivity index (χ3v) is 6.02. The van der Waals surface area contributed by atoms with Crippen LogP contribution in [0, 0.1) is 0 Å². The highest BCUT2D eigenvalue weighted by Crippen LogP contribution is 2.33. The second-order valence-electron chi connectivity index (χ2n) is 8.75. The number of fused-ring (bicyclic) bond motifs is 1. The van der Waals surface area contributed by atoms with Crippen molar-refractivity contribution in [2.24, 2.45) is 7.05 Å². The normalized spacial score (nSPS) is 16.0. The Morgan fingerprint density at radius 2 is 2.00 bits per heavy atom. The summed E-state index contributed by atoms with van der Waals surface area (Å²) in [5.74, 6) is 0.427. The first kappa shape index (κ1) is 24.2. The number of carbonyl (C=O) groups is 2. The standard InChI is InChI=1S/C26H26N6O5/c1-31-14-17(13-27-31)24(33)28-18-8-9-23-22(11-18)32(2)26(35)21(15-36-23)29-25(34)20-12-19(37-30-20)10-16-6-4-3-5-7-16/h3-9,11-14,21,25,29,34H,10,15H2,1-2H3,(H,28,33)/t21-,25?/m0/s1. The Kier molecular flexibility index (Phi) is 6.71. The van der Waals surface area contributed by atoms with Gasteiger partial charge >= 0.3 is 0 Å². The van der Waals surface area contributed by atoms with Crippen molar-refractivity contribution in [3.05, 3.63) is 89.6 Å². The van der Waals surface area contributed by atoms with E-state index in [1.165, 1.54) is 15.8 Å². The van der Waals surface area contributed by atoms with E-state index >= 15 is 0 Å². The summed E-state index contributed by atoms with van der Waals surface area (Å²) in [6.45, 7) is -0.0106. The number of likely N-dealkylation sites (N-methyl/N-ethyl adjacent to an activating group) is 1. The van der Waals surface area contributed by atoms with Crippen LogP contribution < -0.4 is 20.3 Å². The molecule has 5 rings (SSSR count). The minimum atomic E-state index is -1.24. The number of nitrogens with zero attached hydrogens (tertiary/aromatic N) is 4. The number of aromatic nitrogens is 3. The number of aliphatic hydroxyl groups is 1. The predicted octanol–water partition coefficient (Wildman–Crippen LogP) is 2.26. The lowest BCUT2D eigenvalue weighted by atomic mass is 10.1. The number of benzene rings is 2. The second kappa shape index (κ2) is 10.2. The summed E-state index contributed by atoms with van der Waals surface area (Å²) < 4.78 is 12.8. The molecule has 2 atom stereocenters. The van der Waals surface area contributed by atoms with Gasteiger partial charge in [-0.15, -0.1) is 0 Å². The van der Waals surface area contributed by atoms with Crippen LogP contribution in [0.1, 0.15) is 33.6 Å². The molecular formula is C26H26N6O5. The molecule has 3 N–H and O–H groups in total. The maximum Gasteiger partial charge on any atom is 0.258 e. The maximum absolute atomic E-state index is 13.2. The van der Waals surface area contributed by atoms with E-state index in [1.807, 2.05) is 30.3 Å². The van der Waals surface area contributed by atoms with Crippen molar-refractivity contribution < 1.29 is 24.0 Å². The van der Waals surface area contributed by atoms with Crippen LogP contribution in [0.15, 0.2) is 71.5 Å². The molecule has 1 aliphatic rings. The molecule has 0 radical (unpaired) electrons. The third-order valence-electron chi connectivity index (χ3n) is 6.02. The number of nitrogens with one attached hydrogen (secondary N) is 2. The Balaban J connectivity index is 1.25. The third kappa shape index (κ3) is 5.37. The molecule has 1 unspecified atom stereocenters. The summed E-state index contributed by atoms with van der Waals surface area (Å²) in [7, 11) is 3.34. The van der Waals surface area contributed by atoms with Gasteiger partial charge in [0.1, 0.15) is 29.9 Å². The Morgan fingerprint density at radius 1 is 1.19 bits per heavy atom. The Labute approximate surface area is 212 Å². The molecule has 0 saturated carbocycles. The summed E-state index contributed by atoms with van der Waals surface area (Å²) >= 11 is 0. The summed E-state index contributed by atoms with van der Waals surface area (Å²) in [4.78, 5) is 27.1. The molecule has 0 saturated heterocycles. The minimum Gasteiger partial charge on any atom is -0.489 e. The Bertz CT molecular complexity index is 1420. The molecule has 11 nitrogen and oxygen atoms in total. The summed E-state index contributed by atoms with van der Waals surface area (Å²) in [5.41, 5.74) is 2.71. The SMILES string of the molecule is CN1C(=O)[C@@H](NC(O)c2cc(Cc3ccccc3)on2)COc2ccc(NC(=O)c3cnn(C)c3)cc21. The van der Waals surface area contributed by atoms with Crippen LogP contribution in [-0.2, 0) is 18.3 Å². The van der Waals surface area contributed by atoms with Gasteiger partial charge in [-0.1, -0.05) is 35.5 Å². The quantitative estimate of drug-likeness (QED) is 0.328. The number of hydrogen-bond donors (Lipinski definition) is 3. The van der Waals surface area contributed by atoms with Crippen LogP contribution in [0.3, 0.4) is 0 Å². The molecular weight excluding hydrogens is 476 g/mol. The van der Waals surface area contributed by atoms with E-state index in [4.69, 9.17) is 9.26 Å². The van der Waals surface area contributed by atoms with Crippen molar-refractivity contribution in [1.29, 1.82) is 0 Å². The highest BCUT2D eigenvalue weighted by molar-refractivity contribution is 6.05. The van der Waals surface area contributed by atoms with E-state index in [-0.39, 0.29) is 24.1 Å². The molecule has 11 heteroatoms. The molecule has 4 aromatic rings. The zero-order valence-corrected chi connectivity index (χ0v) is 20.3. The summed E-state index contributed by atoms with van der Waals surface area (Å²) in [5, 5.41) is 24.3. The highest BCUT2D eigenvalue weighted by Gasteiger charge is 2.32. The van der Waals surface area contributed by atoms with Gasteiger partial charge in [0.05, 0.1) is 17.4 Å². The zero-order valence-electron chi connectivity index (χ0n) is 20.3. The fourth-order valence-corrected chi connectivity index (χ4v) is 4.05. The fourth-order valence-electron chi connectivity index (χ4n) is 4.05. The average molecular weight is 503 g/mol. The number of anilines is 2. The smallest absolute Gasteiger partial charge is 0.258 e. The summed E-state index contributed by atoms with van der Waals surface area (Å²) in [6, 6.07) is 15.6. The number of aliphatic hydroxyl groups excluding tert-OH is 1.